The van der Waals surface area contributed by atoms with Crippen LogP contribution < -0.4 is 9.64 Å². The Morgan fingerprint density at radius 3 is 2.26 bits per heavy atom. The lowest BCUT2D eigenvalue weighted by atomic mass is 9.90. The molecule has 3 nitrogen and oxygen atoms in total. The van der Waals surface area contributed by atoms with Crippen molar-refractivity contribution in [2.75, 3.05) is 19.1 Å². The molecular formula is C23H18ClNO2. The van der Waals surface area contributed by atoms with E-state index in [1.54, 1.807) is 19.1 Å². The molecule has 1 aliphatic heterocycles. The van der Waals surface area contributed by atoms with Crippen LogP contribution in [0.5, 0.6) is 5.75 Å². The summed E-state index contributed by atoms with van der Waals surface area (Å²) < 4.78 is 5.40. The van der Waals surface area contributed by atoms with Crippen molar-refractivity contribution in [3.8, 4) is 5.75 Å². The van der Waals surface area contributed by atoms with Gasteiger partial charge in [0.25, 0.3) is 5.91 Å². The average molecular weight is 376 g/mol. The minimum absolute atomic E-state index is 0.0351. The van der Waals surface area contributed by atoms with Crippen molar-refractivity contribution < 1.29 is 9.53 Å². The Morgan fingerprint density at radius 2 is 1.59 bits per heavy atom. The van der Waals surface area contributed by atoms with E-state index in [1.807, 2.05) is 72.8 Å². The fourth-order valence-corrected chi connectivity index (χ4v) is 3.57. The minimum Gasteiger partial charge on any atom is -0.497 e. The Hall–Kier alpha value is -3.04. The van der Waals surface area contributed by atoms with Crippen molar-refractivity contribution in [2.24, 2.45) is 0 Å². The molecule has 27 heavy (non-hydrogen) atoms. The molecule has 0 saturated carbocycles. The Balaban J connectivity index is 2.06. The second-order valence-corrected chi connectivity index (χ2v) is 6.81. The van der Waals surface area contributed by atoms with Crippen LogP contribution in [0.15, 0.2) is 72.8 Å². The number of amides is 1. The summed E-state index contributed by atoms with van der Waals surface area (Å²) in [6, 6.07) is 23.2. The Kier molecular flexibility index (Phi) is 4.46. The quantitative estimate of drug-likeness (QED) is 0.582. The molecule has 0 aromatic heterocycles. The molecule has 0 saturated heterocycles. The van der Waals surface area contributed by atoms with Gasteiger partial charge in [0.1, 0.15) is 5.75 Å². The van der Waals surface area contributed by atoms with Gasteiger partial charge in [0.05, 0.1) is 18.4 Å². The first kappa shape index (κ1) is 17.4. The number of benzene rings is 3. The molecule has 3 aromatic carbocycles. The number of halogens is 1. The number of likely N-dealkylation sites (N-methyl/N-ethyl adjacent to an activating group) is 1. The number of hydrogen-bond donors (Lipinski definition) is 0. The highest BCUT2D eigenvalue weighted by molar-refractivity contribution is 6.39. The average Bonchev–Trinajstić information content (AvgIpc) is 2.95. The second-order valence-electron chi connectivity index (χ2n) is 6.37. The van der Waals surface area contributed by atoms with Crippen LogP contribution in [0.3, 0.4) is 0 Å². The lowest BCUT2D eigenvalue weighted by molar-refractivity contribution is -0.112. The number of carbonyl (C=O) groups excluding carboxylic acids is 1. The number of fused-ring (bicyclic) bond motifs is 1. The number of nitrogens with zero attached hydrogens (tertiary/aromatic N) is 1. The molecule has 0 bridgehead atoms. The molecule has 134 valence electrons. The maximum absolute atomic E-state index is 13.2. The number of carbonyl (C=O) groups is 1. The first-order valence-corrected chi connectivity index (χ1v) is 9.00. The van der Waals surface area contributed by atoms with Crippen LogP contribution in [0.4, 0.5) is 5.69 Å². The van der Waals surface area contributed by atoms with Gasteiger partial charge >= 0.3 is 0 Å². The monoisotopic (exact) mass is 375 g/mol. The van der Waals surface area contributed by atoms with Crippen LogP contribution in [0.25, 0.3) is 11.1 Å². The van der Waals surface area contributed by atoms with Crippen LogP contribution in [0.2, 0.25) is 5.02 Å². The highest BCUT2D eigenvalue weighted by atomic mass is 35.5. The topological polar surface area (TPSA) is 29.5 Å². The maximum atomic E-state index is 13.2. The third-order valence-corrected chi connectivity index (χ3v) is 5.05. The molecule has 0 aliphatic carbocycles. The zero-order chi connectivity index (χ0) is 19.0. The second kappa shape index (κ2) is 6.93. The number of hydrogen-bond acceptors (Lipinski definition) is 2. The molecule has 0 atom stereocenters. The van der Waals surface area contributed by atoms with E-state index in [4.69, 9.17) is 16.3 Å². The van der Waals surface area contributed by atoms with E-state index in [0.717, 1.165) is 33.7 Å². The predicted octanol–water partition coefficient (Wildman–Crippen LogP) is 5.28. The van der Waals surface area contributed by atoms with Gasteiger partial charge in [-0.3, -0.25) is 4.79 Å². The predicted molar refractivity (Wildman–Crippen MR) is 110 cm³/mol. The Labute approximate surface area is 163 Å². The molecule has 0 radical (unpaired) electrons. The summed E-state index contributed by atoms with van der Waals surface area (Å²) in [5.74, 6) is 0.685. The van der Waals surface area contributed by atoms with Crippen molar-refractivity contribution in [1.29, 1.82) is 0 Å². The van der Waals surface area contributed by atoms with Gasteiger partial charge in [0.2, 0.25) is 0 Å². The molecule has 1 amide bonds. The molecule has 4 rings (SSSR count). The maximum Gasteiger partial charge on any atom is 0.259 e. The molecule has 3 aromatic rings. The number of ether oxygens (including phenoxy) is 1. The van der Waals surface area contributed by atoms with Crippen LogP contribution in [0, 0.1) is 0 Å². The van der Waals surface area contributed by atoms with Gasteiger partial charge in [-0.2, -0.15) is 0 Å². The molecular weight excluding hydrogens is 358 g/mol. The largest absolute Gasteiger partial charge is 0.497 e. The van der Waals surface area contributed by atoms with Crippen molar-refractivity contribution in [1.82, 2.24) is 0 Å². The molecule has 0 unspecified atom stereocenters. The highest BCUT2D eigenvalue weighted by Crippen LogP contribution is 2.43. The van der Waals surface area contributed by atoms with E-state index >= 15 is 0 Å². The van der Waals surface area contributed by atoms with Gasteiger partial charge in [-0.15, -0.1) is 0 Å². The number of methoxy groups -OCH3 is 1. The van der Waals surface area contributed by atoms with Gasteiger partial charge in [-0.05, 0) is 41.5 Å². The summed E-state index contributed by atoms with van der Waals surface area (Å²) in [5, 5.41) is 0.660. The lowest BCUT2D eigenvalue weighted by Crippen LogP contribution is -2.20. The van der Waals surface area contributed by atoms with E-state index in [1.165, 1.54) is 0 Å². The summed E-state index contributed by atoms with van der Waals surface area (Å²) in [6.45, 7) is 0. The van der Waals surface area contributed by atoms with Gasteiger partial charge in [-0.1, -0.05) is 54.1 Å². The first-order chi connectivity index (χ1) is 13.1. The fourth-order valence-electron chi connectivity index (χ4n) is 3.45. The summed E-state index contributed by atoms with van der Waals surface area (Å²) in [4.78, 5) is 14.9. The Morgan fingerprint density at radius 1 is 0.926 bits per heavy atom. The van der Waals surface area contributed by atoms with E-state index < -0.39 is 0 Å². The first-order valence-electron chi connectivity index (χ1n) is 8.62. The zero-order valence-corrected chi connectivity index (χ0v) is 15.8. The zero-order valence-electron chi connectivity index (χ0n) is 15.1. The third-order valence-electron chi connectivity index (χ3n) is 4.80. The molecule has 0 N–H and O–H groups in total. The summed E-state index contributed by atoms with van der Waals surface area (Å²) >= 11 is 6.09. The summed E-state index contributed by atoms with van der Waals surface area (Å²) in [7, 11) is 3.42. The van der Waals surface area contributed by atoms with Crippen LogP contribution in [0.1, 0.15) is 16.7 Å². The van der Waals surface area contributed by atoms with E-state index in [9.17, 15) is 4.79 Å². The van der Waals surface area contributed by atoms with Crippen LogP contribution >= 0.6 is 11.6 Å². The van der Waals surface area contributed by atoms with Gasteiger partial charge in [-0.25, -0.2) is 0 Å². The molecule has 1 heterocycles. The molecule has 4 heteroatoms. The van der Waals surface area contributed by atoms with Crippen molar-refractivity contribution in [3.05, 3.63) is 94.5 Å². The summed E-state index contributed by atoms with van der Waals surface area (Å²) in [5.41, 5.74) is 5.22. The minimum atomic E-state index is -0.0351. The number of rotatable bonds is 3. The fraction of sp³-hybridized carbons (Fsp3) is 0.0870. The SMILES string of the molecule is COc1ccc2c(c1)/C(=C(\c1ccccc1)c1ccc(Cl)cc1)C(=O)N2C. The lowest BCUT2D eigenvalue weighted by Gasteiger charge is -2.13. The molecule has 0 fully saturated rings. The normalized spacial score (nSPS) is 14.9. The van der Waals surface area contributed by atoms with E-state index in [-0.39, 0.29) is 5.91 Å². The Bertz CT molecular complexity index is 1040. The van der Waals surface area contributed by atoms with Crippen LogP contribution in [-0.2, 0) is 4.79 Å². The van der Waals surface area contributed by atoms with Gasteiger partial charge in [0, 0.05) is 23.2 Å². The highest BCUT2D eigenvalue weighted by Gasteiger charge is 2.33. The van der Waals surface area contributed by atoms with Gasteiger partial charge < -0.3 is 9.64 Å². The molecule has 0 spiro atoms. The van der Waals surface area contributed by atoms with E-state index in [0.29, 0.717) is 10.6 Å². The third kappa shape index (κ3) is 3.00. The van der Waals surface area contributed by atoms with Crippen molar-refractivity contribution in [2.45, 2.75) is 0 Å². The molecule has 1 aliphatic rings. The smallest absolute Gasteiger partial charge is 0.259 e. The van der Waals surface area contributed by atoms with Gasteiger partial charge in [0.15, 0.2) is 0 Å². The number of anilines is 1. The summed E-state index contributed by atoms with van der Waals surface area (Å²) in [6.07, 6.45) is 0. The van der Waals surface area contributed by atoms with Crippen LogP contribution in [-0.4, -0.2) is 20.1 Å². The van der Waals surface area contributed by atoms with E-state index in [2.05, 4.69) is 0 Å². The van der Waals surface area contributed by atoms with Crippen molar-refractivity contribution in [3.63, 3.8) is 0 Å². The van der Waals surface area contributed by atoms with Crippen molar-refractivity contribution >= 4 is 34.3 Å². The standard InChI is InChI=1S/C23H18ClNO2/c1-25-20-13-12-18(27-2)14-19(20)22(23(25)26)21(15-6-4-3-5-7-15)16-8-10-17(24)11-9-16/h3-14H,1-2H3/b22-21-.